The van der Waals surface area contributed by atoms with Crippen molar-refractivity contribution in [2.75, 3.05) is 0 Å². The summed E-state index contributed by atoms with van der Waals surface area (Å²) in [4.78, 5) is 15.7. The zero-order chi connectivity index (χ0) is 37.5. The Morgan fingerprint density at radius 1 is 0.351 bits per heavy atom. The lowest BCUT2D eigenvalue weighted by atomic mass is 10.0. The molecule has 4 aromatic heterocycles. The number of nitrogens with zero attached hydrogens (tertiary/aromatic N) is 5. The summed E-state index contributed by atoms with van der Waals surface area (Å²) >= 11 is 0. The maximum atomic E-state index is 6.42. The molecule has 0 N–H and O–H groups in total. The third kappa shape index (κ3) is 4.94. The van der Waals surface area contributed by atoms with E-state index in [0.29, 0.717) is 23.2 Å². The fraction of sp³-hybridized carbons (Fsp3) is 0. The average molecular weight is 730 g/mol. The summed E-state index contributed by atoms with van der Waals surface area (Å²) in [6.07, 6.45) is 0. The van der Waals surface area contributed by atoms with Crippen LogP contribution in [0, 0.1) is 0 Å². The Labute approximate surface area is 326 Å². The normalized spacial score (nSPS) is 11.9. The third-order valence-electron chi connectivity index (χ3n) is 11.1. The van der Waals surface area contributed by atoms with E-state index in [1.54, 1.807) is 0 Å². The molecule has 0 aliphatic carbocycles. The Kier molecular flexibility index (Phi) is 6.83. The van der Waals surface area contributed by atoms with E-state index >= 15 is 0 Å². The predicted octanol–water partition coefficient (Wildman–Crippen LogP) is 13.0. The van der Waals surface area contributed by atoms with Crippen LogP contribution in [0.2, 0.25) is 0 Å². The third-order valence-corrected chi connectivity index (χ3v) is 11.1. The highest BCUT2D eigenvalue weighted by Crippen LogP contribution is 2.38. The van der Waals surface area contributed by atoms with Gasteiger partial charge >= 0.3 is 0 Å². The van der Waals surface area contributed by atoms with Crippen molar-refractivity contribution in [3.63, 3.8) is 0 Å². The minimum absolute atomic E-state index is 0.472. The topological polar surface area (TPSA) is 61.7 Å². The molecule has 0 fully saturated rings. The second-order valence-corrected chi connectivity index (χ2v) is 14.5. The molecule has 6 heteroatoms. The molecule has 12 rings (SSSR count). The molecule has 0 aliphatic heterocycles. The lowest BCUT2D eigenvalue weighted by Crippen LogP contribution is -2.03. The molecule has 0 bridgehead atoms. The van der Waals surface area contributed by atoms with Gasteiger partial charge in [-0.25, -0.2) is 15.0 Å². The van der Waals surface area contributed by atoms with Crippen molar-refractivity contribution in [1.82, 2.24) is 24.1 Å². The number of para-hydroxylation sites is 5. The van der Waals surface area contributed by atoms with E-state index in [0.717, 1.165) is 66.3 Å². The van der Waals surface area contributed by atoms with E-state index < -0.39 is 0 Å². The molecule has 0 amide bonds. The van der Waals surface area contributed by atoms with Crippen LogP contribution >= 0.6 is 0 Å². The van der Waals surface area contributed by atoms with Gasteiger partial charge in [-0.3, -0.25) is 0 Å². The largest absolute Gasteiger partial charge is 0.453 e. The molecule has 12 aromatic rings. The molecule has 0 atom stereocenters. The highest BCUT2D eigenvalue weighted by atomic mass is 16.3. The zero-order valence-corrected chi connectivity index (χ0v) is 30.5. The van der Waals surface area contributed by atoms with Gasteiger partial charge in [-0.1, -0.05) is 133 Å². The van der Waals surface area contributed by atoms with Crippen molar-refractivity contribution >= 4 is 65.4 Å². The highest BCUT2D eigenvalue weighted by Gasteiger charge is 2.21. The van der Waals surface area contributed by atoms with Gasteiger partial charge in [0.25, 0.3) is 0 Å². The molecule has 4 heterocycles. The Bertz CT molecular complexity index is 3280. The molecule has 0 saturated carbocycles. The van der Waals surface area contributed by atoms with Crippen LogP contribution in [0.5, 0.6) is 0 Å². The fourth-order valence-electron chi connectivity index (χ4n) is 8.63. The SMILES string of the molecule is c1ccc2oc(-c3nc(-c4cc(-n5c6ccccc6c6ccccc65)cc(-n5c6ccccc6c6ccccc65)c4)nc(-c4cccc5ccccc45)n3)cc2c1. The minimum Gasteiger partial charge on any atom is -0.453 e. The first kappa shape index (κ1) is 31.5. The van der Waals surface area contributed by atoms with Crippen LogP contribution < -0.4 is 0 Å². The molecular formula is C51H31N5O. The average Bonchev–Trinajstić information content (AvgIpc) is 3.97. The summed E-state index contributed by atoms with van der Waals surface area (Å²) in [6.45, 7) is 0. The van der Waals surface area contributed by atoms with Crippen LogP contribution in [0.15, 0.2) is 192 Å². The first-order chi connectivity index (χ1) is 28.2. The summed E-state index contributed by atoms with van der Waals surface area (Å²) < 4.78 is 11.1. The van der Waals surface area contributed by atoms with Gasteiger partial charge in [0, 0.05) is 49.4 Å². The Morgan fingerprint density at radius 3 is 1.39 bits per heavy atom. The number of rotatable bonds is 5. The molecule has 0 unspecified atom stereocenters. The standard InChI is InChI=1S/C51H31N5O/c1-3-17-37-32(14-1)16-13-22-42(37)50-52-49(53-51(54-50)48-30-33-15-2-12-27-47(33)57-48)34-28-35(55-43-23-8-4-18-38(43)39-19-5-9-24-44(39)55)31-36(29-34)56-45-25-10-6-20-40(45)41-21-7-11-26-46(41)56/h1-31H. The summed E-state index contributed by atoms with van der Waals surface area (Å²) in [5, 5.41) is 7.96. The van der Waals surface area contributed by atoms with Gasteiger partial charge in [-0.2, -0.15) is 0 Å². The van der Waals surface area contributed by atoms with Gasteiger partial charge in [0.1, 0.15) is 5.58 Å². The maximum absolute atomic E-state index is 6.42. The Morgan fingerprint density at radius 2 is 0.807 bits per heavy atom. The van der Waals surface area contributed by atoms with E-state index in [4.69, 9.17) is 19.4 Å². The van der Waals surface area contributed by atoms with Gasteiger partial charge in [-0.05, 0) is 65.4 Å². The number of fused-ring (bicyclic) bond motifs is 8. The molecule has 0 saturated heterocycles. The van der Waals surface area contributed by atoms with Crippen molar-refractivity contribution in [2.45, 2.75) is 0 Å². The van der Waals surface area contributed by atoms with Crippen LogP contribution in [-0.4, -0.2) is 24.1 Å². The van der Waals surface area contributed by atoms with Crippen molar-refractivity contribution in [1.29, 1.82) is 0 Å². The van der Waals surface area contributed by atoms with Crippen LogP contribution in [-0.2, 0) is 0 Å². The molecule has 8 aromatic carbocycles. The first-order valence-corrected chi connectivity index (χ1v) is 19.1. The first-order valence-electron chi connectivity index (χ1n) is 19.1. The highest BCUT2D eigenvalue weighted by molar-refractivity contribution is 6.10. The summed E-state index contributed by atoms with van der Waals surface area (Å²) in [5.74, 6) is 2.18. The number of hydrogen-bond donors (Lipinski definition) is 0. The second kappa shape index (κ2) is 12.3. The van der Waals surface area contributed by atoms with E-state index in [9.17, 15) is 0 Å². The van der Waals surface area contributed by atoms with Gasteiger partial charge < -0.3 is 13.6 Å². The Hall–Kier alpha value is -7.83. The molecular weight excluding hydrogens is 699 g/mol. The van der Waals surface area contributed by atoms with E-state index in [-0.39, 0.29) is 0 Å². The molecule has 0 radical (unpaired) electrons. The predicted molar refractivity (Wildman–Crippen MR) is 232 cm³/mol. The smallest absolute Gasteiger partial charge is 0.199 e. The molecule has 0 spiro atoms. The number of benzene rings is 8. The quantitative estimate of drug-likeness (QED) is 0.177. The number of hydrogen-bond acceptors (Lipinski definition) is 4. The van der Waals surface area contributed by atoms with Crippen molar-refractivity contribution in [2.24, 2.45) is 0 Å². The molecule has 0 aliphatic rings. The number of furan rings is 1. The van der Waals surface area contributed by atoms with E-state index in [2.05, 4.69) is 167 Å². The summed E-state index contributed by atoms with van der Waals surface area (Å²) in [6, 6.07) is 65.8. The van der Waals surface area contributed by atoms with Crippen LogP contribution in [0.1, 0.15) is 0 Å². The van der Waals surface area contributed by atoms with Gasteiger partial charge in [-0.15, -0.1) is 0 Å². The van der Waals surface area contributed by atoms with Crippen LogP contribution in [0.4, 0.5) is 0 Å². The monoisotopic (exact) mass is 729 g/mol. The second-order valence-electron chi connectivity index (χ2n) is 14.5. The summed E-state index contributed by atoms with van der Waals surface area (Å²) in [5.41, 5.74) is 9.06. The van der Waals surface area contributed by atoms with Crippen molar-refractivity contribution in [3.05, 3.63) is 188 Å². The van der Waals surface area contributed by atoms with Crippen LogP contribution in [0.3, 0.4) is 0 Å². The minimum atomic E-state index is 0.472. The molecule has 6 nitrogen and oxygen atoms in total. The lowest BCUT2D eigenvalue weighted by molar-refractivity contribution is 0.625. The maximum Gasteiger partial charge on any atom is 0.199 e. The van der Waals surface area contributed by atoms with E-state index in [1.807, 2.05) is 30.3 Å². The molecule has 266 valence electrons. The zero-order valence-electron chi connectivity index (χ0n) is 30.5. The van der Waals surface area contributed by atoms with Gasteiger partial charge in [0.05, 0.1) is 22.1 Å². The van der Waals surface area contributed by atoms with Crippen LogP contribution in [0.25, 0.3) is 111 Å². The van der Waals surface area contributed by atoms with Crippen molar-refractivity contribution in [3.8, 4) is 45.7 Å². The van der Waals surface area contributed by atoms with E-state index in [1.165, 1.54) is 21.5 Å². The van der Waals surface area contributed by atoms with Gasteiger partial charge in [0.2, 0.25) is 0 Å². The lowest BCUT2D eigenvalue weighted by Gasteiger charge is -2.16. The fourth-order valence-corrected chi connectivity index (χ4v) is 8.63. The number of aromatic nitrogens is 5. The van der Waals surface area contributed by atoms with Crippen molar-refractivity contribution < 1.29 is 4.42 Å². The van der Waals surface area contributed by atoms with Gasteiger partial charge in [0.15, 0.2) is 23.2 Å². The molecule has 57 heavy (non-hydrogen) atoms. The Balaban J connectivity index is 1.19. The summed E-state index contributed by atoms with van der Waals surface area (Å²) in [7, 11) is 0.